The van der Waals surface area contributed by atoms with E-state index in [2.05, 4.69) is 294 Å². The zero-order valence-electron chi connectivity index (χ0n) is 42.1. The smallest absolute Gasteiger partial charge is 0.252 e. The molecule has 13 aromatic rings. The molecule has 0 N–H and O–H groups in total. The second kappa shape index (κ2) is 16.6. The molecular weight excluding hydrogens is 908 g/mol. The zero-order valence-corrected chi connectivity index (χ0v) is 42.1. The van der Waals surface area contributed by atoms with E-state index < -0.39 is 0 Å². The summed E-state index contributed by atoms with van der Waals surface area (Å²) in [4.78, 5) is 5.17. The predicted molar refractivity (Wildman–Crippen MR) is 319 cm³/mol. The molecule has 0 atom stereocenters. The number of nitrogens with zero attached hydrogens (tertiary/aromatic N) is 4. The maximum absolute atomic E-state index is 2.58. The fourth-order valence-electron chi connectivity index (χ4n) is 12.5. The third kappa shape index (κ3) is 6.71. The Bertz CT molecular complexity index is 4050. The Hall–Kier alpha value is -9.32. The third-order valence-corrected chi connectivity index (χ3v) is 16.0. The van der Waals surface area contributed by atoms with Gasteiger partial charge in [-0.1, -0.05) is 191 Å². The first-order valence-corrected chi connectivity index (χ1v) is 26.2. The van der Waals surface area contributed by atoms with Crippen LogP contribution in [0.2, 0.25) is 0 Å². The molecule has 354 valence electrons. The van der Waals surface area contributed by atoms with E-state index in [-0.39, 0.29) is 12.1 Å². The molecule has 2 aliphatic rings. The van der Waals surface area contributed by atoms with Gasteiger partial charge in [-0.2, -0.15) is 0 Å². The van der Waals surface area contributed by atoms with Gasteiger partial charge in [0.1, 0.15) is 0 Å². The van der Waals surface area contributed by atoms with Crippen LogP contribution in [0, 0.1) is 0 Å². The molecular formula is C70H51BN4. The molecule has 0 amide bonds. The molecule has 4 heterocycles. The van der Waals surface area contributed by atoms with Gasteiger partial charge in [0.25, 0.3) is 6.71 Å². The maximum atomic E-state index is 2.58. The van der Waals surface area contributed by atoms with Crippen molar-refractivity contribution >= 4 is 101 Å². The first-order chi connectivity index (χ1) is 36.9. The molecule has 4 nitrogen and oxygen atoms in total. The van der Waals surface area contributed by atoms with Gasteiger partial charge in [-0.05, 0) is 135 Å². The van der Waals surface area contributed by atoms with Crippen molar-refractivity contribution in [3.63, 3.8) is 0 Å². The van der Waals surface area contributed by atoms with Crippen molar-refractivity contribution in [3.8, 4) is 33.6 Å². The second-order valence-electron chi connectivity index (χ2n) is 21.3. The minimum Gasteiger partial charge on any atom is -0.311 e. The monoisotopic (exact) mass is 958 g/mol. The van der Waals surface area contributed by atoms with Crippen LogP contribution in [-0.2, 0) is 5.41 Å². The van der Waals surface area contributed by atoms with Crippen LogP contribution in [-0.4, -0.2) is 15.8 Å². The van der Waals surface area contributed by atoms with Crippen molar-refractivity contribution in [3.05, 3.63) is 260 Å². The van der Waals surface area contributed by atoms with E-state index in [4.69, 9.17) is 0 Å². The molecule has 0 fully saturated rings. The summed E-state index contributed by atoms with van der Waals surface area (Å²) >= 11 is 0. The van der Waals surface area contributed by atoms with Crippen molar-refractivity contribution in [1.29, 1.82) is 0 Å². The molecule has 0 radical (unpaired) electrons. The van der Waals surface area contributed by atoms with Gasteiger partial charge < -0.3 is 18.9 Å². The molecule has 0 spiro atoms. The van der Waals surface area contributed by atoms with Crippen LogP contribution in [0.1, 0.15) is 26.3 Å². The zero-order chi connectivity index (χ0) is 49.9. The number of aromatic nitrogens is 2. The summed E-state index contributed by atoms with van der Waals surface area (Å²) in [7, 11) is 0. The molecule has 0 bridgehead atoms. The summed E-state index contributed by atoms with van der Waals surface area (Å²) in [6, 6.07) is 94.9. The molecule has 0 saturated heterocycles. The largest absolute Gasteiger partial charge is 0.311 e. The van der Waals surface area contributed by atoms with Crippen LogP contribution in [0.3, 0.4) is 0 Å². The van der Waals surface area contributed by atoms with Crippen molar-refractivity contribution in [2.75, 3.05) is 9.80 Å². The Morgan fingerprint density at radius 2 is 0.653 bits per heavy atom. The van der Waals surface area contributed by atoms with Gasteiger partial charge in [-0.3, -0.25) is 0 Å². The Labute approximate surface area is 437 Å². The van der Waals surface area contributed by atoms with Crippen molar-refractivity contribution in [2.24, 2.45) is 0 Å². The van der Waals surface area contributed by atoms with Gasteiger partial charge in [0, 0.05) is 67.0 Å². The summed E-state index contributed by atoms with van der Waals surface area (Å²) in [5.74, 6) is 0. The van der Waals surface area contributed by atoms with E-state index in [1.807, 2.05) is 0 Å². The number of hydrogen-bond acceptors (Lipinski definition) is 2. The number of hydrogen-bond donors (Lipinski definition) is 0. The van der Waals surface area contributed by atoms with Crippen LogP contribution in [0.25, 0.3) is 77.2 Å². The lowest BCUT2D eigenvalue weighted by Crippen LogP contribution is -2.61. The summed E-state index contributed by atoms with van der Waals surface area (Å²) in [6.07, 6.45) is 0. The van der Waals surface area contributed by atoms with Gasteiger partial charge >= 0.3 is 0 Å². The van der Waals surface area contributed by atoms with Gasteiger partial charge in [0.2, 0.25) is 0 Å². The minimum absolute atomic E-state index is 0.0875. The molecule has 2 aromatic heterocycles. The lowest BCUT2D eigenvalue weighted by Gasteiger charge is -2.45. The number of anilines is 6. The quantitative estimate of drug-likeness (QED) is 0.154. The molecule has 0 aliphatic carbocycles. The van der Waals surface area contributed by atoms with E-state index in [1.54, 1.807) is 0 Å². The highest BCUT2D eigenvalue weighted by molar-refractivity contribution is 7.00. The molecule has 5 heteroatoms. The van der Waals surface area contributed by atoms with Crippen molar-refractivity contribution in [1.82, 2.24) is 9.13 Å². The van der Waals surface area contributed by atoms with E-state index >= 15 is 0 Å². The van der Waals surface area contributed by atoms with Gasteiger partial charge in [0.05, 0.1) is 22.1 Å². The Morgan fingerprint density at radius 3 is 1.04 bits per heavy atom. The van der Waals surface area contributed by atoms with Crippen LogP contribution in [0.4, 0.5) is 34.1 Å². The van der Waals surface area contributed by atoms with E-state index in [0.29, 0.717) is 0 Å². The summed E-state index contributed by atoms with van der Waals surface area (Å²) in [5, 5.41) is 5.00. The van der Waals surface area contributed by atoms with E-state index in [0.717, 1.165) is 22.7 Å². The lowest BCUT2D eigenvalue weighted by atomic mass is 9.33. The van der Waals surface area contributed by atoms with Crippen molar-refractivity contribution in [2.45, 2.75) is 26.2 Å². The topological polar surface area (TPSA) is 16.3 Å². The summed E-state index contributed by atoms with van der Waals surface area (Å²) < 4.78 is 4.93. The predicted octanol–water partition coefficient (Wildman–Crippen LogP) is 16.6. The minimum atomic E-state index is -0.188. The highest BCUT2D eigenvalue weighted by Crippen LogP contribution is 2.48. The normalized spacial score (nSPS) is 12.9. The molecule has 15 rings (SSSR count). The van der Waals surface area contributed by atoms with Crippen molar-refractivity contribution < 1.29 is 0 Å². The number of para-hydroxylation sites is 4. The SMILES string of the molecule is CC(C)(C)c1cc2c3c(c1)N(c1cccc(-c4ccccc4)c1)c1cc(-n4c5ccccc5c5ccccc54)ccc1B3c1ccc(-n3c4ccccc4c4ccccc43)cc1N2c1cccc(-c2ccccc2)c1. The summed E-state index contributed by atoms with van der Waals surface area (Å²) in [6.45, 7) is 6.98. The molecule has 2 aliphatic heterocycles. The first-order valence-electron chi connectivity index (χ1n) is 26.2. The highest BCUT2D eigenvalue weighted by Gasteiger charge is 2.44. The fraction of sp³-hybridized carbons (Fsp3) is 0.0571. The van der Waals surface area contributed by atoms with Crippen LogP contribution >= 0.6 is 0 Å². The highest BCUT2D eigenvalue weighted by atomic mass is 15.2. The van der Waals surface area contributed by atoms with E-state index in [9.17, 15) is 0 Å². The average molecular weight is 959 g/mol. The summed E-state index contributed by atoms with van der Waals surface area (Å²) in [5.41, 5.74) is 23.7. The number of fused-ring (bicyclic) bond motifs is 10. The molecule has 0 unspecified atom stereocenters. The first kappa shape index (κ1) is 43.3. The van der Waals surface area contributed by atoms with Crippen LogP contribution < -0.4 is 26.2 Å². The van der Waals surface area contributed by atoms with Crippen LogP contribution in [0.5, 0.6) is 0 Å². The number of benzene rings is 11. The Kier molecular flexibility index (Phi) is 9.58. The standard InChI is InChI=1S/C70H51BN4/c1-70(2,3)50-42-67-69-68(43-50)75(52-27-19-25-49(41-52)47-22-8-5-9-23-47)66-45-54(73-63-34-16-12-30-57(63)58-31-13-17-35-64(58)73)37-39-60(66)71(69)59-38-36-53(72-61-32-14-10-28-55(61)56-29-11-15-33-62(56)72)44-65(59)74(67)51-26-18-24-48(40-51)46-20-6-4-7-21-46/h4-45H,1-3H3. The average Bonchev–Trinajstić information content (AvgIpc) is 4.02. The third-order valence-electron chi connectivity index (χ3n) is 16.0. The second-order valence-corrected chi connectivity index (χ2v) is 21.3. The molecule has 11 aromatic carbocycles. The van der Waals surface area contributed by atoms with Gasteiger partial charge in [-0.15, -0.1) is 0 Å². The van der Waals surface area contributed by atoms with E-state index in [1.165, 1.54) is 111 Å². The Balaban J connectivity index is 1.05. The maximum Gasteiger partial charge on any atom is 0.252 e. The number of rotatable bonds is 6. The fourth-order valence-corrected chi connectivity index (χ4v) is 12.5. The Morgan fingerprint density at radius 1 is 0.293 bits per heavy atom. The van der Waals surface area contributed by atoms with Gasteiger partial charge in [-0.25, -0.2) is 0 Å². The lowest BCUT2D eigenvalue weighted by molar-refractivity contribution is 0.590. The molecule has 0 saturated carbocycles. The van der Waals surface area contributed by atoms with Crippen LogP contribution in [0.15, 0.2) is 255 Å². The van der Waals surface area contributed by atoms with Gasteiger partial charge in [0.15, 0.2) is 0 Å². The molecule has 75 heavy (non-hydrogen) atoms.